The molecule has 0 bridgehead atoms. The predicted octanol–water partition coefficient (Wildman–Crippen LogP) is -1.04. The molecular formula is C10H21NO6. The minimum absolute atomic E-state index is 0.0106. The monoisotopic (exact) mass is 251 g/mol. The van der Waals surface area contributed by atoms with Crippen molar-refractivity contribution in [3.05, 3.63) is 0 Å². The molecule has 4 atom stereocenters. The molecule has 0 saturated carbocycles. The zero-order chi connectivity index (χ0) is 13.4. The van der Waals surface area contributed by atoms with Gasteiger partial charge in [0.25, 0.3) is 0 Å². The third-order valence-corrected chi connectivity index (χ3v) is 2.00. The number of carbonyl (C=O) groups is 1. The second kappa shape index (κ2) is 8.37. The Morgan fingerprint density at radius 2 is 1.94 bits per heavy atom. The first kappa shape index (κ1) is 16.3. The molecule has 0 rings (SSSR count). The molecule has 0 aromatic heterocycles. The van der Waals surface area contributed by atoms with E-state index in [9.17, 15) is 4.79 Å². The minimum atomic E-state index is -0.971. The van der Waals surface area contributed by atoms with Crippen molar-refractivity contribution in [3.8, 4) is 0 Å². The largest absolute Gasteiger partial charge is 0.462 e. The smallest absolute Gasteiger partial charge is 0.325 e. The summed E-state index contributed by atoms with van der Waals surface area (Å²) in [6, 6.07) is -0.971. The van der Waals surface area contributed by atoms with Crippen LogP contribution in [0.3, 0.4) is 0 Å². The fraction of sp³-hybridized carbons (Fsp3) is 0.900. The Morgan fingerprint density at radius 3 is 2.41 bits per heavy atom. The van der Waals surface area contributed by atoms with Crippen molar-refractivity contribution >= 4 is 5.97 Å². The lowest BCUT2D eigenvalue weighted by Crippen LogP contribution is -2.43. The van der Waals surface area contributed by atoms with E-state index in [0.717, 1.165) is 0 Å². The Bertz CT molecular complexity index is 223. The molecule has 0 aliphatic heterocycles. The summed E-state index contributed by atoms with van der Waals surface area (Å²) >= 11 is 0. The van der Waals surface area contributed by atoms with E-state index in [1.165, 1.54) is 6.92 Å². The molecule has 0 saturated heterocycles. The fourth-order valence-electron chi connectivity index (χ4n) is 1.08. The second-order valence-electron chi connectivity index (χ2n) is 3.70. The molecule has 4 unspecified atom stereocenters. The summed E-state index contributed by atoms with van der Waals surface area (Å²) < 4.78 is 14.6. The SMILES string of the molecule is CC(O)OC(C)COC(=O)C(N)C(C)OCO. The van der Waals surface area contributed by atoms with Crippen LogP contribution in [-0.4, -0.2) is 54.1 Å². The quantitative estimate of drug-likeness (QED) is 0.373. The van der Waals surface area contributed by atoms with E-state index in [4.69, 9.17) is 30.2 Å². The van der Waals surface area contributed by atoms with Crippen molar-refractivity contribution in [2.45, 2.75) is 45.3 Å². The summed E-state index contributed by atoms with van der Waals surface area (Å²) in [7, 11) is 0. The summed E-state index contributed by atoms with van der Waals surface area (Å²) in [6.07, 6.45) is -1.99. The second-order valence-corrected chi connectivity index (χ2v) is 3.70. The lowest BCUT2D eigenvalue weighted by atomic mass is 10.2. The number of aliphatic hydroxyl groups is 2. The summed E-state index contributed by atoms with van der Waals surface area (Å²) in [5.41, 5.74) is 5.53. The normalized spacial score (nSPS) is 18.2. The van der Waals surface area contributed by atoms with Crippen LogP contribution >= 0.6 is 0 Å². The Balaban J connectivity index is 3.92. The first-order chi connectivity index (χ1) is 7.88. The number of hydrogen-bond acceptors (Lipinski definition) is 7. The van der Waals surface area contributed by atoms with Crippen LogP contribution < -0.4 is 5.73 Å². The molecule has 0 radical (unpaired) electrons. The van der Waals surface area contributed by atoms with Gasteiger partial charge in [0.2, 0.25) is 0 Å². The van der Waals surface area contributed by atoms with Gasteiger partial charge in [0.05, 0.1) is 12.2 Å². The number of hydrogen-bond donors (Lipinski definition) is 3. The summed E-state index contributed by atoms with van der Waals surface area (Å²) in [5, 5.41) is 17.4. The zero-order valence-corrected chi connectivity index (χ0v) is 10.3. The molecule has 0 aromatic carbocycles. The molecule has 7 nitrogen and oxygen atoms in total. The van der Waals surface area contributed by atoms with Gasteiger partial charge in [-0.05, 0) is 20.8 Å². The number of aliphatic hydroxyl groups excluding tert-OH is 2. The van der Waals surface area contributed by atoms with Crippen LogP contribution in [0.5, 0.6) is 0 Å². The third kappa shape index (κ3) is 7.24. The summed E-state index contributed by atoms with van der Waals surface area (Å²) in [6.45, 7) is 4.14. The van der Waals surface area contributed by atoms with Gasteiger partial charge in [0.1, 0.15) is 19.4 Å². The number of ether oxygens (including phenoxy) is 3. The summed E-state index contributed by atoms with van der Waals surface area (Å²) in [4.78, 5) is 11.4. The van der Waals surface area contributed by atoms with Gasteiger partial charge in [-0.15, -0.1) is 0 Å². The van der Waals surface area contributed by atoms with Gasteiger partial charge < -0.3 is 30.2 Å². The van der Waals surface area contributed by atoms with Crippen molar-refractivity contribution in [1.82, 2.24) is 0 Å². The van der Waals surface area contributed by atoms with Crippen LogP contribution in [0.4, 0.5) is 0 Å². The molecular weight excluding hydrogens is 230 g/mol. The molecule has 0 spiro atoms. The maximum absolute atomic E-state index is 11.4. The maximum atomic E-state index is 11.4. The van der Waals surface area contributed by atoms with E-state index in [1.54, 1.807) is 13.8 Å². The van der Waals surface area contributed by atoms with E-state index in [2.05, 4.69) is 0 Å². The highest BCUT2D eigenvalue weighted by Gasteiger charge is 2.23. The van der Waals surface area contributed by atoms with Crippen molar-refractivity contribution in [2.75, 3.05) is 13.4 Å². The highest BCUT2D eigenvalue weighted by Crippen LogP contribution is 2.01. The highest BCUT2D eigenvalue weighted by atomic mass is 16.6. The standard InChI is InChI=1S/C10H21NO6/c1-6(17-8(3)13)4-15-10(14)9(11)7(2)16-5-12/h6-9,12-13H,4-5,11H2,1-3H3. The average molecular weight is 251 g/mol. The Hall–Kier alpha value is -0.730. The van der Waals surface area contributed by atoms with Crippen LogP contribution in [0, 0.1) is 0 Å². The van der Waals surface area contributed by atoms with Crippen LogP contribution in [0.2, 0.25) is 0 Å². The van der Waals surface area contributed by atoms with Gasteiger partial charge in [-0.25, -0.2) is 0 Å². The van der Waals surface area contributed by atoms with Gasteiger partial charge in [-0.3, -0.25) is 4.79 Å². The van der Waals surface area contributed by atoms with E-state index in [-0.39, 0.29) is 6.61 Å². The van der Waals surface area contributed by atoms with E-state index in [0.29, 0.717) is 0 Å². The Kier molecular flexibility index (Phi) is 8.01. The molecule has 17 heavy (non-hydrogen) atoms. The van der Waals surface area contributed by atoms with Gasteiger partial charge in [0.15, 0.2) is 6.29 Å². The first-order valence-corrected chi connectivity index (χ1v) is 5.36. The Morgan fingerprint density at radius 1 is 1.35 bits per heavy atom. The topological polar surface area (TPSA) is 111 Å². The van der Waals surface area contributed by atoms with Gasteiger partial charge in [-0.2, -0.15) is 0 Å². The summed E-state index contributed by atoms with van der Waals surface area (Å²) in [5.74, 6) is -0.646. The zero-order valence-electron chi connectivity index (χ0n) is 10.3. The first-order valence-electron chi connectivity index (χ1n) is 5.36. The third-order valence-electron chi connectivity index (χ3n) is 2.00. The number of esters is 1. The van der Waals surface area contributed by atoms with E-state index < -0.39 is 37.3 Å². The van der Waals surface area contributed by atoms with Crippen LogP contribution in [0.25, 0.3) is 0 Å². The van der Waals surface area contributed by atoms with E-state index >= 15 is 0 Å². The van der Waals surface area contributed by atoms with Crippen molar-refractivity contribution < 1.29 is 29.2 Å². The average Bonchev–Trinajstić information content (AvgIpc) is 2.24. The van der Waals surface area contributed by atoms with Crippen LogP contribution in [-0.2, 0) is 19.0 Å². The molecule has 7 heteroatoms. The van der Waals surface area contributed by atoms with Crippen molar-refractivity contribution in [1.29, 1.82) is 0 Å². The Labute approximate surface area is 100 Å². The molecule has 0 heterocycles. The minimum Gasteiger partial charge on any atom is -0.462 e. The van der Waals surface area contributed by atoms with Crippen LogP contribution in [0.15, 0.2) is 0 Å². The molecule has 0 fully saturated rings. The molecule has 0 aromatic rings. The highest BCUT2D eigenvalue weighted by molar-refractivity contribution is 5.76. The van der Waals surface area contributed by atoms with Crippen molar-refractivity contribution in [2.24, 2.45) is 5.73 Å². The maximum Gasteiger partial charge on any atom is 0.325 e. The lowest BCUT2D eigenvalue weighted by Gasteiger charge is -2.20. The predicted molar refractivity (Wildman–Crippen MR) is 58.8 cm³/mol. The molecule has 0 amide bonds. The molecule has 4 N–H and O–H groups in total. The molecule has 0 aliphatic carbocycles. The van der Waals surface area contributed by atoms with E-state index in [1.807, 2.05) is 0 Å². The lowest BCUT2D eigenvalue weighted by molar-refractivity contribution is -0.164. The molecule has 102 valence electrons. The van der Waals surface area contributed by atoms with Gasteiger partial charge >= 0.3 is 5.97 Å². The number of carbonyl (C=O) groups excluding carboxylic acids is 1. The molecule has 0 aliphatic rings. The fourth-order valence-corrected chi connectivity index (χ4v) is 1.08. The van der Waals surface area contributed by atoms with Gasteiger partial charge in [0, 0.05) is 0 Å². The van der Waals surface area contributed by atoms with Gasteiger partial charge in [-0.1, -0.05) is 0 Å². The van der Waals surface area contributed by atoms with Crippen LogP contribution in [0.1, 0.15) is 20.8 Å². The van der Waals surface area contributed by atoms with Crippen molar-refractivity contribution in [3.63, 3.8) is 0 Å². The number of nitrogens with two attached hydrogens (primary N) is 1. The number of rotatable bonds is 8.